The molecule has 1 saturated heterocycles. The van der Waals surface area contributed by atoms with Crippen molar-refractivity contribution >= 4 is 5.91 Å². The summed E-state index contributed by atoms with van der Waals surface area (Å²) in [6, 6.07) is 6.53. The standard InChI is InChI=1S/C14H13F3N4O/c15-14(16,17)11-5-7-20(9-11)13(22)10-1-3-12(4-2-10)21-8-6-18-19-21/h1-4,6,8,11H,5,7,9H2. The molecule has 5 nitrogen and oxygen atoms in total. The van der Waals surface area contributed by atoms with Crippen LogP contribution in [0, 0.1) is 5.92 Å². The molecule has 0 bridgehead atoms. The van der Waals surface area contributed by atoms with Gasteiger partial charge in [0, 0.05) is 18.7 Å². The largest absolute Gasteiger partial charge is 0.393 e. The molecule has 0 aliphatic carbocycles. The van der Waals surface area contributed by atoms with E-state index in [0.29, 0.717) is 5.56 Å². The number of benzene rings is 1. The number of carbonyl (C=O) groups is 1. The van der Waals surface area contributed by atoms with Crippen LogP contribution in [0.4, 0.5) is 13.2 Å². The molecule has 0 saturated carbocycles. The molecule has 1 aromatic carbocycles. The van der Waals surface area contributed by atoms with Crippen molar-refractivity contribution in [1.82, 2.24) is 19.9 Å². The van der Waals surface area contributed by atoms with E-state index >= 15 is 0 Å². The Hall–Kier alpha value is -2.38. The van der Waals surface area contributed by atoms with Crippen LogP contribution >= 0.6 is 0 Å². The quantitative estimate of drug-likeness (QED) is 0.855. The van der Waals surface area contributed by atoms with Crippen molar-refractivity contribution in [2.24, 2.45) is 5.92 Å². The molecule has 1 aromatic heterocycles. The van der Waals surface area contributed by atoms with Gasteiger partial charge in [0.15, 0.2) is 0 Å². The second-order valence-corrected chi connectivity index (χ2v) is 5.17. The molecule has 1 unspecified atom stereocenters. The molecular weight excluding hydrogens is 297 g/mol. The summed E-state index contributed by atoms with van der Waals surface area (Å²) in [5.74, 6) is -1.80. The van der Waals surface area contributed by atoms with Crippen LogP contribution < -0.4 is 0 Å². The summed E-state index contributed by atoms with van der Waals surface area (Å²) in [5, 5.41) is 7.50. The maximum Gasteiger partial charge on any atom is 0.393 e. The first-order valence-corrected chi connectivity index (χ1v) is 6.78. The molecule has 1 atom stereocenters. The van der Waals surface area contributed by atoms with Crippen molar-refractivity contribution in [1.29, 1.82) is 0 Å². The highest BCUT2D eigenvalue weighted by Crippen LogP contribution is 2.33. The minimum absolute atomic E-state index is 0.0354. The number of aromatic nitrogens is 3. The van der Waals surface area contributed by atoms with Gasteiger partial charge in [-0.3, -0.25) is 4.79 Å². The molecule has 116 valence electrons. The SMILES string of the molecule is O=C(c1ccc(-n2ccnn2)cc1)N1CCC(C(F)(F)F)C1. The van der Waals surface area contributed by atoms with Crippen LogP contribution in [0.1, 0.15) is 16.8 Å². The number of hydrogen-bond donors (Lipinski definition) is 0. The Bertz CT molecular complexity index is 652. The lowest BCUT2D eigenvalue weighted by atomic mass is 10.1. The fraction of sp³-hybridized carbons (Fsp3) is 0.357. The lowest BCUT2D eigenvalue weighted by Crippen LogP contribution is -2.31. The number of hydrogen-bond acceptors (Lipinski definition) is 3. The van der Waals surface area contributed by atoms with Crippen molar-refractivity contribution in [3.05, 3.63) is 42.2 Å². The van der Waals surface area contributed by atoms with Gasteiger partial charge in [0.1, 0.15) is 0 Å². The lowest BCUT2D eigenvalue weighted by molar-refractivity contribution is -0.169. The molecule has 3 rings (SSSR count). The van der Waals surface area contributed by atoms with E-state index in [1.165, 1.54) is 15.8 Å². The van der Waals surface area contributed by atoms with Crippen LogP contribution in [-0.4, -0.2) is 45.1 Å². The normalized spacial score (nSPS) is 18.7. The Balaban J connectivity index is 1.71. The topological polar surface area (TPSA) is 51.0 Å². The zero-order valence-electron chi connectivity index (χ0n) is 11.5. The van der Waals surface area contributed by atoms with Gasteiger partial charge in [0.05, 0.1) is 24.0 Å². The van der Waals surface area contributed by atoms with E-state index in [2.05, 4.69) is 10.3 Å². The van der Waals surface area contributed by atoms with Gasteiger partial charge in [-0.15, -0.1) is 5.10 Å². The third-order valence-corrected chi connectivity index (χ3v) is 3.74. The van der Waals surface area contributed by atoms with Gasteiger partial charge in [0.25, 0.3) is 5.91 Å². The van der Waals surface area contributed by atoms with Crippen LogP contribution in [0.2, 0.25) is 0 Å². The first-order valence-electron chi connectivity index (χ1n) is 6.78. The number of amides is 1. The van der Waals surface area contributed by atoms with Gasteiger partial charge in [-0.1, -0.05) is 5.21 Å². The van der Waals surface area contributed by atoms with Crippen LogP contribution in [0.5, 0.6) is 0 Å². The van der Waals surface area contributed by atoms with Crippen molar-refractivity contribution in [3.8, 4) is 5.69 Å². The van der Waals surface area contributed by atoms with Gasteiger partial charge in [-0.05, 0) is 30.7 Å². The predicted octanol–water partition coefficient (Wildman–Crippen LogP) is 2.29. The minimum atomic E-state index is -4.24. The average Bonchev–Trinajstić information content (AvgIpc) is 3.17. The van der Waals surface area contributed by atoms with Gasteiger partial charge >= 0.3 is 6.18 Å². The average molecular weight is 310 g/mol. The Morgan fingerprint density at radius 2 is 1.95 bits per heavy atom. The minimum Gasteiger partial charge on any atom is -0.338 e. The fourth-order valence-electron chi connectivity index (χ4n) is 2.50. The Labute approximate surface area is 124 Å². The molecule has 1 amide bonds. The highest BCUT2D eigenvalue weighted by Gasteiger charge is 2.44. The molecule has 1 aliphatic rings. The second kappa shape index (κ2) is 5.43. The van der Waals surface area contributed by atoms with E-state index < -0.39 is 12.1 Å². The molecular formula is C14H13F3N4O. The summed E-state index contributed by atoms with van der Waals surface area (Å²) >= 11 is 0. The summed E-state index contributed by atoms with van der Waals surface area (Å²) in [4.78, 5) is 13.5. The summed E-state index contributed by atoms with van der Waals surface area (Å²) in [5.41, 5.74) is 1.09. The number of nitrogens with zero attached hydrogens (tertiary/aromatic N) is 4. The van der Waals surface area contributed by atoms with Crippen LogP contribution in [0.15, 0.2) is 36.7 Å². The van der Waals surface area contributed by atoms with E-state index in [-0.39, 0.29) is 25.4 Å². The fourth-order valence-corrected chi connectivity index (χ4v) is 2.50. The molecule has 22 heavy (non-hydrogen) atoms. The zero-order valence-corrected chi connectivity index (χ0v) is 11.5. The van der Waals surface area contributed by atoms with Crippen molar-refractivity contribution in [3.63, 3.8) is 0 Å². The van der Waals surface area contributed by atoms with E-state index in [4.69, 9.17) is 0 Å². The first-order chi connectivity index (χ1) is 10.4. The third-order valence-electron chi connectivity index (χ3n) is 3.74. The molecule has 2 heterocycles. The third kappa shape index (κ3) is 2.81. The lowest BCUT2D eigenvalue weighted by Gasteiger charge is -2.18. The predicted molar refractivity (Wildman–Crippen MR) is 71.4 cm³/mol. The van der Waals surface area contributed by atoms with Crippen LogP contribution in [0.3, 0.4) is 0 Å². The number of alkyl halides is 3. The summed E-state index contributed by atoms with van der Waals surface area (Å²) in [6.45, 7) is -0.138. The smallest absolute Gasteiger partial charge is 0.338 e. The number of likely N-dealkylation sites (tertiary alicyclic amines) is 1. The van der Waals surface area contributed by atoms with Gasteiger partial charge in [0.2, 0.25) is 0 Å². The number of halogens is 3. The van der Waals surface area contributed by atoms with Gasteiger partial charge in [-0.25, -0.2) is 4.68 Å². The molecule has 1 fully saturated rings. The molecule has 0 N–H and O–H groups in total. The summed E-state index contributed by atoms with van der Waals surface area (Å²) in [6.07, 6.45) is -1.09. The Kier molecular flexibility index (Phi) is 3.59. The van der Waals surface area contributed by atoms with E-state index in [1.54, 1.807) is 30.5 Å². The molecule has 2 aromatic rings. The monoisotopic (exact) mass is 310 g/mol. The van der Waals surface area contributed by atoms with E-state index in [0.717, 1.165) is 5.69 Å². The maximum absolute atomic E-state index is 12.7. The van der Waals surface area contributed by atoms with E-state index in [1.807, 2.05) is 0 Å². The van der Waals surface area contributed by atoms with Crippen molar-refractivity contribution < 1.29 is 18.0 Å². The van der Waals surface area contributed by atoms with Crippen LogP contribution in [0.25, 0.3) is 5.69 Å². The summed E-state index contributed by atoms with van der Waals surface area (Å²) < 4.78 is 39.5. The molecule has 0 spiro atoms. The van der Waals surface area contributed by atoms with Gasteiger partial charge < -0.3 is 4.90 Å². The summed E-state index contributed by atoms with van der Waals surface area (Å²) in [7, 11) is 0. The Morgan fingerprint density at radius 3 is 2.50 bits per heavy atom. The maximum atomic E-state index is 12.7. The van der Waals surface area contributed by atoms with Crippen molar-refractivity contribution in [2.45, 2.75) is 12.6 Å². The zero-order chi connectivity index (χ0) is 15.7. The second-order valence-electron chi connectivity index (χ2n) is 5.17. The molecule has 0 radical (unpaired) electrons. The van der Waals surface area contributed by atoms with E-state index in [9.17, 15) is 18.0 Å². The van der Waals surface area contributed by atoms with Crippen molar-refractivity contribution in [2.75, 3.05) is 13.1 Å². The number of rotatable bonds is 2. The van der Waals surface area contributed by atoms with Gasteiger partial charge in [-0.2, -0.15) is 13.2 Å². The molecule has 1 aliphatic heterocycles. The number of carbonyl (C=O) groups excluding carboxylic acids is 1. The highest BCUT2D eigenvalue weighted by molar-refractivity contribution is 5.94. The van der Waals surface area contributed by atoms with Crippen LogP contribution in [-0.2, 0) is 0 Å². The Morgan fingerprint density at radius 1 is 1.23 bits per heavy atom. The first kappa shape index (κ1) is 14.6. The molecule has 8 heteroatoms. The highest BCUT2D eigenvalue weighted by atomic mass is 19.4.